The average Bonchev–Trinajstić information content (AvgIpc) is 2.24. The first-order valence-electron chi connectivity index (χ1n) is 6.02. The number of rotatable bonds is 6. The van der Waals surface area contributed by atoms with E-state index in [0.29, 0.717) is 0 Å². The van der Waals surface area contributed by atoms with Gasteiger partial charge in [0.25, 0.3) is 0 Å². The van der Waals surface area contributed by atoms with Gasteiger partial charge in [0, 0.05) is 0 Å². The molecule has 1 aromatic rings. The van der Waals surface area contributed by atoms with E-state index in [-0.39, 0.29) is 12.2 Å². The van der Waals surface area contributed by atoms with Crippen LogP contribution in [0.1, 0.15) is 37.8 Å². The lowest BCUT2D eigenvalue weighted by Crippen LogP contribution is -2.03. The molecular weight excluding hydrogens is 200 g/mol. The minimum atomic E-state index is -0.235. The second kappa shape index (κ2) is 6.66. The predicted octanol–water partition coefficient (Wildman–Crippen LogP) is 2.31. The average molecular weight is 222 g/mol. The maximum absolute atomic E-state index is 9.23. The van der Waals surface area contributed by atoms with Gasteiger partial charge in [0.05, 0.1) is 12.2 Å². The monoisotopic (exact) mass is 222 g/mol. The summed E-state index contributed by atoms with van der Waals surface area (Å²) in [5.41, 5.74) is 2.54. The van der Waals surface area contributed by atoms with Gasteiger partial charge in [-0.15, -0.1) is 0 Å². The fourth-order valence-electron chi connectivity index (χ4n) is 1.69. The molecule has 2 heteroatoms. The molecule has 1 rings (SSSR count). The molecule has 0 amide bonds. The molecule has 2 unspecified atom stereocenters. The van der Waals surface area contributed by atoms with E-state index >= 15 is 0 Å². The summed E-state index contributed by atoms with van der Waals surface area (Å²) in [5, 5.41) is 18.5. The highest BCUT2D eigenvalue weighted by Crippen LogP contribution is 2.11. The van der Waals surface area contributed by atoms with Crippen molar-refractivity contribution in [2.45, 2.75) is 51.7 Å². The molecule has 0 radical (unpaired) electrons. The number of aliphatic hydroxyl groups is 2. The van der Waals surface area contributed by atoms with Crippen LogP contribution in [-0.4, -0.2) is 22.4 Å². The smallest absolute Gasteiger partial charge is 0.0515 e. The van der Waals surface area contributed by atoms with Crippen LogP contribution in [0.4, 0.5) is 0 Å². The number of aliphatic hydroxyl groups excluding tert-OH is 2. The van der Waals surface area contributed by atoms with Crippen molar-refractivity contribution in [3.05, 3.63) is 35.4 Å². The van der Waals surface area contributed by atoms with Crippen LogP contribution in [0.3, 0.4) is 0 Å². The van der Waals surface area contributed by atoms with Crippen LogP contribution in [-0.2, 0) is 12.8 Å². The highest BCUT2D eigenvalue weighted by Gasteiger charge is 2.01. The molecular formula is C14H22O2. The van der Waals surface area contributed by atoms with Crippen LogP contribution >= 0.6 is 0 Å². The Labute approximate surface area is 97.9 Å². The summed E-state index contributed by atoms with van der Waals surface area (Å²) in [6.45, 7) is 3.63. The normalized spacial score (nSPS) is 14.8. The van der Waals surface area contributed by atoms with Gasteiger partial charge in [0.2, 0.25) is 0 Å². The Bertz CT molecular complexity index is 278. The van der Waals surface area contributed by atoms with E-state index in [0.717, 1.165) is 25.7 Å². The van der Waals surface area contributed by atoms with E-state index in [1.54, 1.807) is 0 Å². The number of benzene rings is 1. The Morgan fingerprint density at radius 3 is 1.75 bits per heavy atom. The Morgan fingerprint density at radius 1 is 0.938 bits per heavy atom. The van der Waals surface area contributed by atoms with E-state index in [4.69, 9.17) is 0 Å². The Morgan fingerprint density at radius 2 is 1.38 bits per heavy atom. The topological polar surface area (TPSA) is 40.5 Å². The third-order valence-electron chi connectivity index (χ3n) is 2.69. The molecule has 0 saturated carbocycles. The van der Waals surface area contributed by atoms with Gasteiger partial charge in [-0.3, -0.25) is 0 Å². The summed E-state index contributed by atoms with van der Waals surface area (Å²) < 4.78 is 0. The quantitative estimate of drug-likeness (QED) is 0.775. The number of hydrogen-bond acceptors (Lipinski definition) is 2. The molecule has 0 heterocycles. The minimum absolute atomic E-state index is 0.235. The maximum atomic E-state index is 9.23. The molecule has 1 aromatic carbocycles. The Balaban J connectivity index is 2.50. The van der Waals surface area contributed by atoms with Crippen LogP contribution in [0, 0.1) is 0 Å². The highest BCUT2D eigenvalue weighted by atomic mass is 16.3. The lowest BCUT2D eigenvalue weighted by molar-refractivity contribution is 0.185. The molecule has 0 aromatic heterocycles. The second-order valence-electron chi connectivity index (χ2n) is 4.60. The molecule has 0 bridgehead atoms. The molecule has 90 valence electrons. The molecule has 0 saturated heterocycles. The van der Waals surface area contributed by atoms with E-state index < -0.39 is 0 Å². The number of hydrogen-bond donors (Lipinski definition) is 2. The molecule has 2 N–H and O–H groups in total. The minimum Gasteiger partial charge on any atom is -0.393 e. The fourth-order valence-corrected chi connectivity index (χ4v) is 1.69. The van der Waals surface area contributed by atoms with Gasteiger partial charge in [0.1, 0.15) is 0 Å². The van der Waals surface area contributed by atoms with Gasteiger partial charge in [0.15, 0.2) is 0 Å². The van der Waals surface area contributed by atoms with E-state index in [9.17, 15) is 10.2 Å². The van der Waals surface area contributed by atoms with Crippen LogP contribution in [0.25, 0.3) is 0 Å². The van der Waals surface area contributed by atoms with Crippen molar-refractivity contribution >= 4 is 0 Å². The van der Waals surface area contributed by atoms with Crippen molar-refractivity contribution < 1.29 is 10.2 Å². The van der Waals surface area contributed by atoms with Crippen molar-refractivity contribution in [2.75, 3.05) is 0 Å². The Hall–Kier alpha value is -0.860. The first kappa shape index (κ1) is 13.2. The van der Waals surface area contributed by atoms with Gasteiger partial charge < -0.3 is 10.2 Å². The molecule has 0 aliphatic carbocycles. The molecule has 0 fully saturated rings. The van der Waals surface area contributed by atoms with Crippen molar-refractivity contribution in [2.24, 2.45) is 0 Å². The maximum Gasteiger partial charge on any atom is 0.0515 e. The molecule has 0 aliphatic rings. The molecule has 0 spiro atoms. The Kier molecular flexibility index (Phi) is 5.50. The second-order valence-corrected chi connectivity index (χ2v) is 4.60. The van der Waals surface area contributed by atoms with Crippen molar-refractivity contribution in [3.63, 3.8) is 0 Å². The van der Waals surface area contributed by atoms with Crippen molar-refractivity contribution in [1.82, 2.24) is 0 Å². The van der Waals surface area contributed by atoms with Crippen LogP contribution in [0.2, 0.25) is 0 Å². The molecule has 16 heavy (non-hydrogen) atoms. The van der Waals surface area contributed by atoms with Gasteiger partial charge >= 0.3 is 0 Å². The largest absolute Gasteiger partial charge is 0.393 e. The molecule has 2 atom stereocenters. The van der Waals surface area contributed by atoms with E-state index in [1.807, 2.05) is 13.8 Å². The molecule has 0 aliphatic heterocycles. The van der Waals surface area contributed by atoms with Gasteiger partial charge in [-0.25, -0.2) is 0 Å². The van der Waals surface area contributed by atoms with E-state index in [2.05, 4.69) is 24.3 Å². The van der Waals surface area contributed by atoms with Crippen molar-refractivity contribution in [3.8, 4) is 0 Å². The van der Waals surface area contributed by atoms with Gasteiger partial charge in [-0.2, -0.15) is 0 Å². The standard InChI is InChI=1S/C14H22O2/c1-11(15)6-8-13-4-3-5-14(10-13)9-7-12(2)16/h3-5,10-12,15-16H,6-9H2,1-2H3. The van der Waals surface area contributed by atoms with Crippen LogP contribution in [0.15, 0.2) is 24.3 Å². The lowest BCUT2D eigenvalue weighted by Gasteiger charge is -2.08. The first-order valence-corrected chi connectivity index (χ1v) is 6.02. The SMILES string of the molecule is CC(O)CCc1cccc(CCC(C)O)c1. The zero-order valence-corrected chi connectivity index (χ0v) is 10.2. The van der Waals surface area contributed by atoms with Crippen molar-refractivity contribution in [1.29, 1.82) is 0 Å². The summed E-state index contributed by atoms with van der Waals surface area (Å²) in [4.78, 5) is 0. The third kappa shape index (κ3) is 5.29. The zero-order chi connectivity index (χ0) is 12.0. The molecule has 2 nitrogen and oxygen atoms in total. The van der Waals surface area contributed by atoms with Crippen LogP contribution in [0.5, 0.6) is 0 Å². The highest BCUT2D eigenvalue weighted by molar-refractivity contribution is 5.23. The van der Waals surface area contributed by atoms with Crippen LogP contribution < -0.4 is 0 Å². The third-order valence-corrected chi connectivity index (χ3v) is 2.69. The summed E-state index contributed by atoms with van der Waals surface area (Å²) in [6.07, 6.45) is 2.97. The van der Waals surface area contributed by atoms with Gasteiger partial charge in [-0.1, -0.05) is 24.3 Å². The summed E-state index contributed by atoms with van der Waals surface area (Å²) in [7, 11) is 0. The fraction of sp³-hybridized carbons (Fsp3) is 0.571. The first-order chi connectivity index (χ1) is 7.58. The lowest BCUT2D eigenvalue weighted by atomic mass is 10.0. The number of aryl methyl sites for hydroxylation is 2. The summed E-state index contributed by atoms with van der Waals surface area (Å²) >= 11 is 0. The summed E-state index contributed by atoms with van der Waals surface area (Å²) in [6, 6.07) is 8.40. The summed E-state index contributed by atoms with van der Waals surface area (Å²) in [5.74, 6) is 0. The van der Waals surface area contributed by atoms with E-state index in [1.165, 1.54) is 11.1 Å². The van der Waals surface area contributed by atoms with Gasteiger partial charge in [-0.05, 0) is 50.7 Å². The zero-order valence-electron chi connectivity index (χ0n) is 10.2. The predicted molar refractivity (Wildman–Crippen MR) is 66.4 cm³/mol.